The molecule has 1 aromatic heterocycles. The maximum atomic E-state index is 12.2. The summed E-state index contributed by atoms with van der Waals surface area (Å²) in [7, 11) is -3.20. The molecule has 0 aliphatic carbocycles. The minimum absolute atomic E-state index is 0.175. The number of amides is 1. The summed E-state index contributed by atoms with van der Waals surface area (Å²) < 4.78 is 32.8. The van der Waals surface area contributed by atoms with Crippen LogP contribution in [-0.4, -0.2) is 84.4 Å². The van der Waals surface area contributed by atoms with Crippen LogP contribution in [0.4, 0.5) is 0 Å². The third-order valence-corrected chi connectivity index (χ3v) is 7.23. The number of carbonyl (C=O) groups is 1. The quantitative estimate of drug-likeness (QED) is 0.716. The topological polar surface area (TPSA) is 96.8 Å². The average Bonchev–Trinajstić information content (AvgIpc) is 3.18. The molecule has 9 nitrogen and oxygen atoms in total. The van der Waals surface area contributed by atoms with Crippen molar-refractivity contribution in [2.75, 3.05) is 45.9 Å². The summed E-state index contributed by atoms with van der Waals surface area (Å²) >= 11 is 6.13. The molecule has 2 aliphatic heterocycles. The first-order valence-electron chi connectivity index (χ1n) is 8.69. The van der Waals surface area contributed by atoms with E-state index in [0.717, 1.165) is 0 Å². The van der Waals surface area contributed by atoms with E-state index in [-0.39, 0.29) is 16.6 Å². The van der Waals surface area contributed by atoms with E-state index >= 15 is 0 Å². The van der Waals surface area contributed by atoms with Crippen molar-refractivity contribution in [1.29, 1.82) is 0 Å². The minimum atomic E-state index is -3.20. The molecular formula is C15H24ClN5O4S. The van der Waals surface area contributed by atoms with Gasteiger partial charge in [0.1, 0.15) is 11.6 Å². The lowest BCUT2D eigenvalue weighted by molar-refractivity contribution is 0.0939. The normalized spacial score (nSPS) is 18.8. The number of fused-ring (bicyclic) bond motifs is 1. The number of ether oxygens (including phenoxy) is 1. The number of halogens is 1. The number of sulfonamides is 1. The Morgan fingerprint density at radius 1 is 1.27 bits per heavy atom. The number of aromatic nitrogens is 2. The van der Waals surface area contributed by atoms with Gasteiger partial charge in [-0.15, -0.1) is 0 Å². The number of hydrogen-bond acceptors (Lipinski definition) is 6. The van der Waals surface area contributed by atoms with Crippen LogP contribution < -0.4 is 10.1 Å². The highest BCUT2D eigenvalue weighted by Crippen LogP contribution is 2.31. The van der Waals surface area contributed by atoms with Crippen LogP contribution in [0.3, 0.4) is 0 Å². The van der Waals surface area contributed by atoms with Crippen LogP contribution in [-0.2, 0) is 16.6 Å². The number of hydrogen-bond donors (Lipinski definition) is 1. The van der Waals surface area contributed by atoms with Gasteiger partial charge in [0.15, 0.2) is 5.69 Å². The molecule has 0 unspecified atom stereocenters. The van der Waals surface area contributed by atoms with Crippen molar-refractivity contribution in [3.63, 3.8) is 0 Å². The van der Waals surface area contributed by atoms with Crippen LogP contribution in [0.15, 0.2) is 0 Å². The van der Waals surface area contributed by atoms with Crippen LogP contribution in [0.5, 0.6) is 5.88 Å². The summed E-state index contributed by atoms with van der Waals surface area (Å²) in [6.07, 6.45) is 0. The van der Waals surface area contributed by atoms with Gasteiger partial charge in [-0.1, -0.05) is 11.6 Å². The lowest BCUT2D eigenvalue weighted by Crippen LogP contribution is -2.51. The summed E-state index contributed by atoms with van der Waals surface area (Å²) in [5.74, 6) is 0.112. The van der Waals surface area contributed by atoms with Crippen molar-refractivity contribution >= 4 is 27.5 Å². The number of piperazine rings is 1. The van der Waals surface area contributed by atoms with E-state index in [1.807, 2.05) is 0 Å². The highest BCUT2D eigenvalue weighted by Gasteiger charge is 2.29. The zero-order valence-electron chi connectivity index (χ0n) is 14.9. The Bertz CT molecular complexity index is 771. The molecule has 0 saturated carbocycles. The van der Waals surface area contributed by atoms with Crippen LogP contribution in [0.25, 0.3) is 0 Å². The molecule has 1 aromatic rings. The van der Waals surface area contributed by atoms with E-state index in [0.29, 0.717) is 58.3 Å². The molecule has 1 N–H and O–H groups in total. The van der Waals surface area contributed by atoms with E-state index in [1.165, 1.54) is 0 Å². The van der Waals surface area contributed by atoms with Gasteiger partial charge in [0.25, 0.3) is 5.91 Å². The molecule has 0 bridgehead atoms. The van der Waals surface area contributed by atoms with Crippen molar-refractivity contribution in [3.8, 4) is 5.88 Å². The third kappa shape index (κ3) is 3.83. The second kappa shape index (κ2) is 7.71. The minimum Gasteiger partial charge on any atom is -0.475 e. The zero-order chi connectivity index (χ0) is 18.9. The molecule has 26 heavy (non-hydrogen) atoms. The Morgan fingerprint density at radius 3 is 2.58 bits per heavy atom. The fourth-order valence-corrected chi connectivity index (χ4v) is 4.55. The highest BCUT2D eigenvalue weighted by atomic mass is 35.5. The number of rotatable bonds is 6. The van der Waals surface area contributed by atoms with Gasteiger partial charge in [0.05, 0.1) is 11.8 Å². The molecule has 3 rings (SSSR count). The van der Waals surface area contributed by atoms with Gasteiger partial charge in [0.2, 0.25) is 15.9 Å². The largest absolute Gasteiger partial charge is 0.475 e. The molecule has 0 aromatic carbocycles. The Morgan fingerprint density at radius 2 is 1.96 bits per heavy atom. The van der Waals surface area contributed by atoms with Gasteiger partial charge in [-0.2, -0.15) is 9.40 Å². The molecule has 1 saturated heterocycles. The molecule has 0 spiro atoms. The molecule has 11 heteroatoms. The summed E-state index contributed by atoms with van der Waals surface area (Å²) in [5, 5.41) is 6.82. The first kappa shape index (κ1) is 19.4. The lowest BCUT2D eigenvalue weighted by atomic mass is 10.3. The third-order valence-electron chi connectivity index (χ3n) is 4.61. The summed E-state index contributed by atoms with van der Waals surface area (Å²) in [4.78, 5) is 14.4. The van der Waals surface area contributed by atoms with E-state index in [2.05, 4.69) is 15.3 Å². The maximum absolute atomic E-state index is 12.2. The van der Waals surface area contributed by atoms with Crippen LogP contribution in [0.1, 0.15) is 24.3 Å². The van der Waals surface area contributed by atoms with E-state index in [9.17, 15) is 13.2 Å². The molecular weight excluding hydrogens is 382 g/mol. The fourth-order valence-electron chi connectivity index (χ4n) is 3.00. The Labute approximate surface area is 158 Å². The second-order valence-electron chi connectivity index (χ2n) is 6.63. The van der Waals surface area contributed by atoms with Gasteiger partial charge in [-0.05, 0) is 13.8 Å². The monoisotopic (exact) mass is 405 g/mol. The molecule has 0 atom stereocenters. The van der Waals surface area contributed by atoms with Gasteiger partial charge in [0, 0.05) is 39.3 Å². The number of carbonyl (C=O) groups excluding carboxylic acids is 1. The molecule has 3 heterocycles. The molecule has 2 aliphatic rings. The van der Waals surface area contributed by atoms with Gasteiger partial charge in [-0.3, -0.25) is 9.69 Å². The summed E-state index contributed by atoms with van der Waals surface area (Å²) in [5.41, 5.74) is 0.175. The van der Waals surface area contributed by atoms with E-state index < -0.39 is 15.3 Å². The van der Waals surface area contributed by atoms with Crippen molar-refractivity contribution < 1.29 is 17.9 Å². The summed E-state index contributed by atoms with van der Waals surface area (Å²) in [6.45, 7) is 7.83. The van der Waals surface area contributed by atoms with Crippen molar-refractivity contribution in [1.82, 2.24) is 24.3 Å². The van der Waals surface area contributed by atoms with Crippen LogP contribution >= 0.6 is 11.6 Å². The number of nitrogens with one attached hydrogen (secondary N) is 1. The van der Waals surface area contributed by atoms with Crippen molar-refractivity contribution in [3.05, 3.63) is 10.7 Å². The predicted molar refractivity (Wildman–Crippen MR) is 97.1 cm³/mol. The predicted octanol–water partition coefficient (Wildman–Crippen LogP) is 0.0145. The summed E-state index contributed by atoms with van der Waals surface area (Å²) in [6, 6.07) is 0. The van der Waals surface area contributed by atoms with Crippen molar-refractivity contribution in [2.45, 2.75) is 25.6 Å². The Hall–Kier alpha value is -1.36. The van der Waals surface area contributed by atoms with Crippen molar-refractivity contribution in [2.24, 2.45) is 0 Å². The SMILES string of the molecule is CC(C)S(=O)(=O)N1CCN(CCNC(=O)c2nn3c(c2Cl)OCC3)CC1. The van der Waals surface area contributed by atoms with E-state index in [1.54, 1.807) is 22.8 Å². The van der Waals surface area contributed by atoms with Gasteiger partial charge >= 0.3 is 0 Å². The van der Waals surface area contributed by atoms with Gasteiger partial charge < -0.3 is 10.1 Å². The highest BCUT2D eigenvalue weighted by molar-refractivity contribution is 7.89. The van der Waals surface area contributed by atoms with Gasteiger partial charge in [-0.25, -0.2) is 13.1 Å². The Balaban J connectivity index is 1.44. The van der Waals surface area contributed by atoms with E-state index in [4.69, 9.17) is 16.3 Å². The fraction of sp³-hybridized carbons (Fsp3) is 0.733. The first-order chi connectivity index (χ1) is 12.3. The second-order valence-corrected chi connectivity index (χ2v) is 9.50. The molecule has 1 amide bonds. The van der Waals surface area contributed by atoms with Crippen LogP contribution in [0, 0.1) is 0 Å². The standard InChI is InChI=1S/C15H24ClN5O4S/c1-11(2)26(23,24)20-7-5-19(6-8-20)4-3-17-14(22)13-12(16)15-21(18-13)9-10-25-15/h11H,3-10H2,1-2H3,(H,17,22). The molecule has 1 fully saturated rings. The zero-order valence-corrected chi connectivity index (χ0v) is 16.5. The first-order valence-corrected chi connectivity index (χ1v) is 10.6. The molecule has 146 valence electrons. The average molecular weight is 406 g/mol. The number of nitrogens with zero attached hydrogens (tertiary/aromatic N) is 4. The molecule has 0 radical (unpaired) electrons. The van der Waals surface area contributed by atoms with Crippen LogP contribution in [0.2, 0.25) is 5.02 Å². The maximum Gasteiger partial charge on any atom is 0.273 e. The lowest BCUT2D eigenvalue weighted by Gasteiger charge is -2.34. The Kier molecular flexibility index (Phi) is 5.75. The smallest absolute Gasteiger partial charge is 0.273 e.